The van der Waals surface area contributed by atoms with Crippen molar-refractivity contribution < 1.29 is 19.0 Å². The van der Waals surface area contributed by atoms with Crippen LogP contribution in [0.4, 0.5) is 0 Å². The van der Waals surface area contributed by atoms with Gasteiger partial charge in [0.2, 0.25) is 0 Å². The Bertz CT molecular complexity index is 1420. The van der Waals surface area contributed by atoms with Gasteiger partial charge in [0.15, 0.2) is 11.5 Å². The number of hydrogen-bond donors (Lipinski definition) is 1. The summed E-state index contributed by atoms with van der Waals surface area (Å²) in [5.41, 5.74) is 4.62. The molecule has 1 aromatic heterocycles. The van der Waals surface area contributed by atoms with Gasteiger partial charge in [0.25, 0.3) is 5.91 Å². The van der Waals surface area contributed by atoms with Crippen LogP contribution < -0.4 is 14.2 Å². The van der Waals surface area contributed by atoms with Gasteiger partial charge in [-0.15, -0.1) is 0 Å². The lowest BCUT2D eigenvalue weighted by molar-refractivity contribution is 0.0730. The van der Waals surface area contributed by atoms with Crippen molar-refractivity contribution in [2.24, 2.45) is 0 Å². The number of nitrogens with zero attached hydrogens (tertiary/aromatic N) is 2. The average Bonchev–Trinajstić information content (AvgIpc) is 3.47. The molecule has 0 spiro atoms. The molecule has 0 saturated heterocycles. The molecule has 0 saturated carbocycles. The molecular weight excluding hydrogens is 490 g/mol. The van der Waals surface area contributed by atoms with Gasteiger partial charge >= 0.3 is 0 Å². The largest absolute Gasteiger partial charge is 0.497 e. The molecule has 37 heavy (non-hydrogen) atoms. The summed E-state index contributed by atoms with van der Waals surface area (Å²) in [6, 6.07) is 20.6. The maximum absolute atomic E-state index is 13.7. The maximum Gasteiger partial charge on any atom is 0.273 e. The summed E-state index contributed by atoms with van der Waals surface area (Å²) in [4.78, 5) is 15.6. The van der Waals surface area contributed by atoms with Gasteiger partial charge in [-0.2, -0.15) is 5.10 Å². The van der Waals surface area contributed by atoms with E-state index in [0.717, 1.165) is 34.4 Å². The van der Waals surface area contributed by atoms with E-state index in [2.05, 4.69) is 17.1 Å². The van der Waals surface area contributed by atoms with Crippen LogP contribution in [0.25, 0.3) is 11.3 Å². The lowest BCUT2D eigenvalue weighted by atomic mass is 9.95. The van der Waals surface area contributed by atoms with Gasteiger partial charge in [0.1, 0.15) is 11.4 Å². The first kappa shape index (κ1) is 24.7. The molecule has 1 N–H and O–H groups in total. The second kappa shape index (κ2) is 10.6. The van der Waals surface area contributed by atoms with Crippen LogP contribution in [0.1, 0.15) is 46.6 Å². The third-order valence-corrected chi connectivity index (χ3v) is 6.86. The number of carbonyl (C=O) groups excluding carboxylic acids is 1. The van der Waals surface area contributed by atoms with E-state index in [1.807, 2.05) is 71.6 Å². The summed E-state index contributed by atoms with van der Waals surface area (Å²) in [5, 5.41) is 8.16. The van der Waals surface area contributed by atoms with Gasteiger partial charge in [-0.25, -0.2) is 0 Å². The van der Waals surface area contributed by atoms with E-state index in [1.165, 1.54) is 0 Å². The second-order valence-corrected chi connectivity index (χ2v) is 9.18. The number of H-pyrrole nitrogens is 1. The number of amides is 1. The number of aromatic nitrogens is 2. The zero-order valence-corrected chi connectivity index (χ0v) is 21.7. The minimum absolute atomic E-state index is 0.141. The molecule has 2 heterocycles. The normalized spacial score (nSPS) is 14.5. The minimum Gasteiger partial charge on any atom is -0.497 e. The molecule has 1 aliphatic heterocycles. The van der Waals surface area contributed by atoms with Crippen LogP contribution in [0.5, 0.6) is 17.2 Å². The molecule has 1 amide bonds. The fourth-order valence-corrected chi connectivity index (χ4v) is 4.87. The van der Waals surface area contributed by atoms with E-state index in [-0.39, 0.29) is 5.91 Å². The van der Waals surface area contributed by atoms with E-state index in [0.29, 0.717) is 41.1 Å². The number of rotatable bonds is 9. The third-order valence-electron chi connectivity index (χ3n) is 6.49. The highest BCUT2D eigenvalue weighted by atomic mass is 35.5. The number of fused-ring (bicyclic) bond motifs is 1. The minimum atomic E-state index is -0.413. The quantitative estimate of drug-likeness (QED) is 0.282. The first-order valence-electron chi connectivity index (χ1n) is 12.1. The second-order valence-electron chi connectivity index (χ2n) is 8.78. The third kappa shape index (κ3) is 4.62. The van der Waals surface area contributed by atoms with E-state index >= 15 is 0 Å². The van der Waals surface area contributed by atoms with Crippen molar-refractivity contribution in [1.29, 1.82) is 0 Å². The molecule has 5 rings (SSSR count). The van der Waals surface area contributed by atoms with Crippen LogP contribution in [0.3, 0.4) is 0 Å². The monoisotopic (exact) mass is 517 g/mol. The van der Waals surface area contributed by atoms with E-state index in [4.69, 9.17) is 25.8 Å². The number of carbonyl (C=O) groups is 1. The van der Waals surface area contributed by atoms with Crippen LogP contribution in [-0.2, 0) is 6.54 Å². The van der Waals surface area contributed by atoms with Crippen LogP contribution in [0.15, 0.2) is 66.7 Å². The molecule has 0 fully saturated rings. The Morgan fingerprint density at radius 1 is 1.00 bits per heavy atom. The van der Waals surface area contributed by atoms with Crippen molar-refractivity contribution in [3.05, 3.63) is 94.1 Å². The average molecular weight is 518 g/mol. The number of ether oxygens (including phenoxy) is 3. The first-order chi connectivity index (χ1) is 18.0. The Kier molecular flexibility index (Phi) is 7.06. The zero-order chi connectivity index (χ0) is 25.9. The lowest BCUT2D eigenvalue weighted by Gasteiger charge is -2.27. The number of methoxy groups -OCH3 is 2. The maximum atomic E-state index is 13.7. The zero-order valence-electron chi connectivity index (χ0n) is 21.0. The van der Waals surface area contributed by atoms with Crippen LogP contribution in [0, 0.1) is 0 Å². The van der Waals surface area contributed by atoms with Crippen molar-refractivity contribution in [2.75, 3.05) is 20.8 Å². The summed E-state index contributed by atoms with van der Waals surface area (Å²) in [6.45, 7) is 2.98. The highest BCUT2D eigenvalue weighted by Gasteiger charge is 2.42. The van der Waals surface area contributed by atoms with Crippen molar-refractivity contribution in [1.82, 2.24) is 15.1 Å². The van der Waals surface area contributed by atoms with Gasteiger partial charge in [-0.1, -0.05) is 42.8 Å². The number of aromatic amines is 1. The van der Waals surface area contributed by atoms with Gasteiger partial charge in [-0.3, -0.25) is 9.89 Å². The smallest absolute Gasteiger partial charge is 0.273 e. The fourth-order valence-electron chi connectivity index (χ4n) is 4.67. The van der Waals surface area contributed by atoms with Crippen LogP contribution >= 0.6 is 11.6 Å². The first-order valence-corrected chi connectivity index (χ1v) is 12.5. The highest BCUT2D eigenvalue weighted by molar-refractivity contribution is 6.31. The predicted octanol–water partition coefficient (Wildman–Crippen LogP) is 6.28. The number of halogens is 1. The Hall–Kier alpha value is -3.97. The van der Waals surface area contributed by atoms with Gasteiger partial charge in [0.05, 0.1) is 32.6 Å². The molecule has 0 radical (unpaired) electrons. The Balaban J connectivity index is 1.63. The lowest BCUT2D eigenvalue weighted by Crippen LogP contribution is -2.29. The summed E-state index contributed by atoms with van der Waals surface area (Å²) in [6.07, 6.45) is 0.886. The van der Waals surface area contributed by atoms with Crippen LogP contribution in [0.2, 0.25) is 5.02 Å². The Labute approximate surface area is 220 Å². The number of nitrogens with one attached hydrogen (secondary N) is 1. The predicted molar refractivity (Wildman–Crippen MR) is 143 cm³/mol. The fraction of sp³-hybridized carbons (Fsp3) is 0.241. The van der Waals surface area contributed by atoms with E-state index in [9.17, 15) is 4.79 Å². The molecule has 3 aromatic carbocycles. The van der Waals surface area contributed by atoms with Crippen molar-refractivity contribution in [2.45, 2.75) is 25.9 Å². The summed E-state index contributed by atoms with van der Waals surface area (Å²) in [5.74, 6) is 1.88. The molecule has 7 nitrogen and oxygen atoms in total. The number of hydrogen-bond acceptors (Lipinski definition) is 5. The summed E-state index contributed by atoms with van der Waals surface area (Å²) in [7, 11) is 3.25. The van der Waals surface area contributed by atoms with Crippen molar-refractivity contribution in [3.8, 4) is 28.5 Å². The van der Waals surface area contributed by atoms with Crippen molar-refractivity contribution >= 4 is 17.5 Å². The molecule has 190 valence electrons. The van der Waals surface area contributed by atoms with Gasteiger partial charge in [-0.05, 0) is 60.0 Å². The van der Waals surface area contributed by atoms with E-state index in [1.54, 1.807) is 14.2 Å². The Morgan fingerprint density at radius 2 is 1.78 bits per heavy atom. The summed E-state index contributed by atoms with van der Waals surface area (Å²) >= 11 is 6.50. The van der Waals surface area contributed by atoms with Gasteiger partial charge < -0.3 is 19.1 Å². The van der Waals surface area contributed by atoms with Crippen molar-refractivity contribution in [3.63, 3.8) is 0 Å². The molecule has 8 heteroatoms. The molecule has 1 atom stereocenters. The molecular formula is C29H28ClN3O4. The SMILES string of the molecule is CCCOc1ccc(C2c3c(-c4ccc(OC)cc4)n[nH]c3C(=O)N2Cc2ccccc2Cl)cc1OC. The van der Waals surface area contributed by atoms with Crippen LogP contribution in [-0.4, -0.2) is 41.8 Å². The van der Waals surface area contributed by atoms with E-state index < -0.39 is 6.04 Å². The highest BCUT2D eigenvalue weighted by Crippen LogP contribution is 2.45. The van der Waals surface area contributed by atoms with Gasteiger partial charge in [0, 0.05) is 22.7 Å². The Morgan fingerprint density at radius 3 is 2.49 bits per heavy atom. The topological polar surface area (TPSA) is 76.7 Å². The molecule has 0 bridgehead atoms. The summed E-state index contributed by atoms with van der Waals surface area (Å²) < 4.78 is 16.9. The standard InChI is InChI=1S/C29H28ClN3O4/c1-4-15-37-23-14-11-19(16-24(23)36-3)28-25-26(18-9-12-21(35-2)13-10-18)31-32-27(25)29(34)33(28)17-20-7-5-6-8-22(20)30/h5-14,16,28H,4,15,17H2,1-3H3,(H,31,32). The molecule has 1 aliphatic rings. The molecule has 0 aliphatic carbocycles. The molecule has 4 aromatic rings. The number of benzene rings is 3. The molecule has 1 unspecified atom stereocenters.